The van der Waals surface area contributed by atoms with Crippen molar-refractivity contribution in [3.63, 3.8) is 0 Å². The standard InChI is InChI=1S/C15H28N2/c1-2-16-13-7-5-9-15(13)17-11-10-12-6-3-4-8-14(12)17/h12-16H,2-11H2,1H3. The number of hydrogen-bond acceptors (Lipinski definition) is 2. The number of likely N-dealkylation sites (N-methyl/N-ethyl adjacent to an activating group) is 1. The van der Waals surface area contributed by atoms with Gasteiger partial charge >= 0.3 is 0 Å². The zero-order valence-electron chi connectivity index (χ0n) is 11.3. The predicted molar refractivity (Wildman–Crippen MR) is 72.2 cm³/mol. The number of nitrogens with one attached hydrogen (secondary N) is 1. The van der Waals surface area contributed by atoms with E-state index in [0.29, 0.717) is 0 Å². The number of fused-ring (bicyclic) bond motifs is 1. The van der Waals surface area contributed by atoms with E-state index in [1.54, 1.807) is 0 Å². The molecule has 0 aromatic rings. The molecule has 0 aromatic carbocycles. The van der Waals surface area contributed by atoms with Gasteiger partial charge in [0.25, 0.3) is 0 Å². The zero-order valence-corrected chi connectivity index (χ0v) is 11.3. The number of rotatable bonds is 3. The molecule has 1 N–H and O–H groups in total. The lowest BCUT2D eigenvalue weighted by atomic mass is 9.85. The lowest BCUT2D eigenvalue weighted by molar-refractivity contribution is 0.118. The third-order valence-corrected chi connectivity index (χ3v) is 5.42. The van der Waals surface area contributed by atoms with Gasteiger partial charge in [0, 0.05) is 18.1 Å². The van der Waals surface area contributed by atoms with Gasteiger partial charge < -0.3 is 5.32 Å². The maximum absolute atomic E-state index is 3.73. The van der Waals surface area contributed by atoms with Gasteiger partial charge in [0.1, 0.15) is 0 Å². The van der Waals surface area contributed by atoms with Crippen LogP contribution in [0.1, 0.15) is 58.3 Å². The highest BCUT2D eigenvalue weighted by molar-refractivity contribution is 4.98. The topological polar surface area (TPSA) is 15.3 Å². The van der Waals surface area contributed by atoms with Crippen molar-refractivity contribution in [2.75, 3.05) is 13.1 Å². The smallest absolute Gasteiger partial charge is 0.0252 e. The number of hydrogen-bond donors (Lipinski definition) is 1. The average Bonchev–Trinajstić information content (AvgIpc) is 2.95. The van der Waals surface area contributed by atoms with Crippen molar-refractivity contribution in [3.05, 3.63) is 0 Å². The van der Waals surface area contributed by atoms with Gasteiger partial charge in [-0.15, -0.1) is 0 Å². The van der Waals surface area contributed by atoms with Crippen LogP contribution in [-0.4, -0.2) is 36.1 Å². The SMILES string of the molecule is CCNC1CCCC1N1CCC2CCCCC21. The fourth-order valence-electron chi connectivity index (χ4n) is 4.69. The fraction of sp³-hybridized carbons (Fsp3) is 1.00. The molecule has 4 atom stereocenters. The Morgan fingerprint density at radius 3 is 2.65 bits per heavy atom. The number of likely N-dealkylation sites (tertiary alicyclic amines) is 1. The Hall–Kier alpha value is -0.0800. The summed E-state index contributed by atoms with van der Waals surface area (Å²) in [6, 6.07) is 2.61. The predicted octanol–water partition coefficient (Wildman–Crippen LogP) is 2.78. The molecule has 2 nitrogen and oxygen atoms in total. The van der Waals surface area contributed by atoms with Gasteiger partial charge in [-0.2, -0.15) is 0 Å². The van der Waals surface area contributed by atoms with E-state index >= 15 is 0 Å². The van der Waals surface area contributed by atoms with Crippen molar-refractivity contribution in [2.45, 2.75) is 76.4 Å². The van der Waals surface area contributed by atoms with Crippen LogP contribution >= 0.6 is 0 Å². The highest BCUT2D eigenvalue weighted by Gasteiger charge is 2.42. The molecule has 0 spiro atoms. The van der Waals surface area contributed by atoms with Gasteiger partial charge in [-0.1, -0.05) is 26.2 Å². The van der Waals surface area contributed by atoms with Gasteiger partial charge in [-0.25, -0.2) is 0 Å². The molecule has 1 aliphatic heterocycles. The maximum Gasteiger partial charge on any atom is 0.0252 e. The van der Waals surface area contributed by atoms with Crippen LogP contribution in [0.5, 0.6) is 0 Å². The van der Waals surface area contributed by atoms with E-state index < -0.39 is 0 Å². The summed E-state index contributed by atoms with van der Waals surface area (Å²) in [6.07, 6.45) is 11.8. The molecule has 0 amide bonds. The van der Waals surface area contributed by atoms with Crippen LogP contribution in [0.4, 0.5) is 0 Å². The van der Waals surface area contributed by atoms with Crippen LogP contribution in [0.15, 0.2) is 0 Å². The van der Waals surface area contributed by atoms with Gasteiger partial charge in [0.15, 0.2) is 0 Å². The zero-order chi connectivity index (χ0) is 11.7. The van der Waals surface area contributed by atoms with Crippen LogP contribution in [0.2, 0.25) is 0 Å². The largest absolute Gasteiger partial charge is 0.313 e. The average molecular weight is 236 g/mol. The van der Waals surface area contributed by atoms with Gasteiger partial charge in [-0.3, -0.25) is 4.90 Å². The molecule has 98 valence electrons. The third-order valence-electron chi connectivity index (χ3n) is 5.42. The van der Waals surface area contributed by atoms with E-state index in [-0.39, 0.29) is 0 Å². The van der Waals surface area contributed by atoms with Crippen molar-refractivity contribution in [3.8, 4) is 0 Å². The van der Waals surface area contributed by atoms with Gasteiger partial charge in [0.05, 0.1) is 0 Å². The van der Waals surface area contributed by atoms with Crippen molar-refractivity contribution in [2.24, 2.45) is 5.92 Å². The van der Waals surface area contributed by atoms with E-state index in [4.69, 9.17) is 0 Å². The van der Waals surface area contributed by atoms with Gasteiger partial charge in [-0.05, 0) is 51.1 Å². The van der Waals surface area contributed by atoms with E-state index in [1.165, 1.54) is 57.9 Å². The first-order valence-electron chi connectivity index (χ1n) is 7.89. The summed E-state index contributed by atoms with van der Waals surface area (Å²) < 4.78 is 0. The molecule has 3 fully saturated rings. The Bertz CT molecular complexity index is 253. The molecule has 2 saturated carbocycles. The molecule has 3 rings (SSSR count). The third kappa shape index (κ3) is 2.26. The molecule has 1 saturated heterocycles. The molecule has 4 unspecified atom stereocenters. The van der Waals surface area contributed by atoms with E-state index in [2.05, 4.69) is 17.1 Å². The molecule has 2 aliphatic carbocycles. The Morgan fingerprint density at radius 1 is 0.941 bits per heavy atom. The minimum atomic E-state index is 0.792. The molecule has 0 radical (unpaired) electrons. The van der Waals surface area contributed by atoms with Crippen LogP contribution in [0.25, 0.3) is 0 Å². The Balaban J connectivity index is 1.66. The first kappa shape index (κ1) is 12.0. The molecular weight excluding hydrogens is 208 g/mol. The van der Waals surface area contributed by atoms with E-state index in [9.17, 15) is 0 Å². The first-order chi connectivity index (χ1) is 8.40. The Labute approximate surface area is 106 Å². The second kappa shape index (κ2) is 5.27. The molecule has 3 aliphatic rings. The lowest BCUT2D eigenvalue weighted by Crippen LogP contribution is -2.50. The first-order valence-corrected chi connectivity index (χ1v) is 7.89. The summed E-state index contributed by atoms with van der Waals surface area (Å²) in [5.74, 6) is 1.05. The molecule has 2 heteroatoms. The highest BCUT2D eigenvalue weighted by Crippen LogP contribution is 2.40. The molecule has 17 heavy (non-hydrogen) atoms. The second-order valence-electron chi connectivity index (χ2n) is 6.30. The lowest BCUT2D eigenvalue weighted by Gasteiger charge is -2.38. The maximum atomic E-state index is 3.73. The summed E-state index contributed by atoms with van der Waals surface area (Å²) in [7, 11) is 0. The normalized spacial score (nSPS) is 42.9. The van der Waals surface area contributed by atoms with Crippen molar-refractivity contribution < 1.29 is 0 Å². The van der Waals surface area contributed by atoms with Crippen molar-refractivity contribution >= 4 is 0 Å². The van der Waals surface area contributed by atoms with Crippen LogP contribution in [0.3, 0.4) is 0 Å². The minimum absolute atomic E-state index is 0.792. The Morgan fingerprint density at radius 2 is 1.76 bits per heavy atom. The van der Waals surface area contributed by atoms with Gasteiger partial charge in [0.2, 0.25) is 0 Å². The number of nitrogens with zero attached hydrogens (tertiary/aromatic N) is 1. The summed E-state index contributed by atoms with van der Waals surface area (Å²) in [5, 5.41) is 3.73. The van der Waals surface area contributed by atoms with Crippen LogP contribution in [0, 0.1) is 5.92 Å². The minimum Gasteiger partial charge on any atom is -0.313 e. The molecular formula is C15H28N2. The molecule has 0 aromatic heterocycles. The van der Waals surface area contributed by atoms with Crippen molar-refractivity contribution in [1.82, 2.24) is 10.2 Å². The van der Waals surface area contributed by atoms with Crippen molar-refractivity contribution in [1.29, 1.82) is 0 Å². The highest BCUT2D eigenvalue weighted by atomic mass is 15.2. The second-order valence-corrected chi connectivity index (χ2v) is 6.30. The Kier molecular flexibility index (Phi) is 3.72. The molecule has 0 bridgehead atoms. The van der Waals surface area contributed by atoms with E-state index in [0.717, 1.165) is 30.6 Å². The van der Waals surface area contributed by atoms with Crippen LogP contribution < -0.4 is 5.32 Å². The fourth-order valence-corrected chi connectivity index (χ4v) is 4.69. The summed E-state index contributed by atoms with van der Waals surface area (Å²) in [5.41, 5.74) is 0. The monoisotopic (exact) mass is 236 g/mol. The summed E-state index contributed by atoms with van der Waals surface area (Å²) in [6.45, 7) is 4.79. The van der Waals surface area contributed by atoms with E-state index in [1.807, 2.05) is 0 Å². The molecule has 1 heterocycles. The summed E-state index contributed by atoms with van der Waals surface area (Å²) >= 11 is 0. The quantitative estimate of drug-likeness (QED) is 0.810. The summed E-state index contributed by atoms with van der Waals surface area (Å²) in [4.78, 5) is 2.91. The van der Waals surface area contributed by atoms with Crippen LogP contribution in [-0.2, 0) is 0 Å².